The minimum Gasteiger partial charge on any atom is -0.380 e. The molecule has 0 fully saturated rings. The van der Waals surface area contributed by atoms with Gasteiger partial charge in [-0.05, 0) is 12.3 Å². The molecule has 0 amide bonds. The van der Waals surface area contributed by atoms with Crippen molar-refractivity contribution in [3.63, 3.8) is 0 Å². The van der Waals surface area contributed by atoms with Crippen molar-refractivity contribution in [3.8, 4) is 0 Å². The molecule has 0 saturated carbocycles. The molecule has 2 nitrogen and oxygen atoms in total. The van der Waals surface area contributed by atoms with Gasteiger partial charge >= 0.3 is 0 Å². The first-order valence-corrected chi connectivity index (χ1v) is 6.62. The molecule has 0 aliphatic heterocycles. The molecule has 15 heavy (non-hydrogen) atoms. The summed E-state index contributed by atoms with van der Waals surface area (Å²) in [5, 5.41) is 3.59. The van der Waals surface area contributed by atoms with Gasteiger partial charge in [0.15, 0.2) is 0 Å². The standard InChI is InChI=1S/C12H26ClNO/c1-4-8-15-9-7-14-10-12(13)11(5-2)6-3/h11-12,14H,4-10H2,1-3H3. The van der Waals surface area contributed by atoms with Gasteiger partial charge in [0, 0.05) is 25.1 Å². The SMILES string of the molecule is CCCOCCNCC(Cl)C(CC)CC. The normalized spacial score (nSPS) is 13.4. The number of hydrogen-bond donors (Lipinski definition) is 1. The fourth-order valence-electron chi connectivity index (χ4n) is 1.60. The lowest BCUT2D eigenvalue weighted by molar-refractivity contribution is 0.136. The first-order valence-electron chi connectivity index (χ1n) is 6.18. The monoisotopic (exact) mass is 235 g/mol. The lowest BCUT2D eigenvalue weighted by Crippen LogP contribution is -2.30. The van der Waals surface area contributed by atoms with Gasteiger partial charge < -0.3 is 10.1 Å². The van der Waals surface area contributed by atoms with Gasteiger partial charge in [-0.2, -0.15) is 0 Å². The summed E-state index contributed by atoms with van der Waals surface area (Å²) in [6.45, 7) is 9.97. The molecule has 0 aromatic rings. The van der Waals surface area contributed by atoms with Crippen molar-refractivity contribution in [2.24, 2.45) is 5.92 Å². The van der Waals surface area contributed by atoms with Crippen molar-refractivity contribution >= 4 is 11.6 Å². The van der Waals surface area contributed by atoms with Crippen molar-refractivity contribution in [1.82, 2.24) is 5.32 Å². The van der Waals surface area contributed by atoms with E-state index in [4.69, 9.17) is 16.3 Å². The summed E-state index contributed by atoms with van der Waals surface area (Å²) >= 11 is 6.28. The maximum absolute atomic E-state index is 6.28. The van der Waals surface area contributed by atoms with E-state index in [2.05, 4.69) is 26.1 Å². The van der Waals surface area contributed by atoms with Crippen LogP contribution >= 0.6 is 11.6 Å². The van der Waals surface area contributed by atoms with Gasteiger partial charge in [-0.3, -0.25) is 0 Å². The van der Waals surface area contributed by atoms with E-state index in [-0.39, 0.29) is 5.38 Å². The summed E-state index contributed by atoms with van der Waals surface area (Å²) in [6, 6.07) is 0. The number of halogens is 1. The maximum Gasteiger partial charge on any atom is 0.0590 e. The van der Waals surface area contributed by atoms with Crippen molar-refractivity contribution in [3.05, 3.63) is 0 Å². The zero-order valence-corrected chi connectivity index (χ0v) is 11.1. The van der Waals surface area contributed by atoms with Crippen LogP contribution in [0.2, 0.25) is 0 Å². The largest absolute Gasteiger partial charge is 0.380 e. The third-order valence-electron chi connectivity index (χ3n) is 2.67. The van der Waals surface area contributed by atoms with Crippen molar-refractivity contribution in [2.75, 3.05) is 26.3 Å². The first-order chi connectivity index (χ1) is 7.26. The Bertz CT molecular complexity index is 129. The van der Waals surface area contributed by atoms with E-state index >= 15 is 0 Å². The molecule has 0 aromatic carbocycles. The zero-order valence-electron chi connectivity index (χ0n) is 10.4. The van der Waals surface area contributed by atoms with Crippen molar-refractivity contribution < 1.29 is 4.74 Å². The molecule has 92 valence electrons. The lowest BCUT2D eigenvalue weighted by atomic mass is 9.99. The van der Waals surface area contributed by atoms with Gasteiger partial charge in [-0.15, -0.1) is 11.6 Å². The number of alkyl halides is 1. The fraction of sp³-hybridized carbons (Fsp3) is 1.00. The summed E-state index contributed by atoms with van der Waals surface area (Å²) in [5.41, 5.74) is 0. The van der Waals surface area contributed by atoms with Crippen LogP contribution in [0.15, 0.2) is 0 Å². The molecule has 0 aliphatic carbocycles. The Morgan fingerprint density at radius 3 is 2.33 bits per heavy atom. The maximum atomic E-state index is 6.28. The summed E-state index contributed by atoms with van der Waals surface area (Å²) in [4.78, 5) is 0. The van der Waals surface area contributed by atoms with Gasteiger partial charge in [-0.1, -0.05) is 33.6 Å². The Hall–Kier alpha value is 0.210. The Balaban J connectivity index is 3.33. The number of rotatable bonds is 10. The zero-order chi connectivity index (χ0) is 11.5. The molecule has 1 unspecified atom stereocenters. The highest BCUT2D eigenvalue weighted by Crippen LogP contribution is 2.17. The highest BCUT2D eigenvalue weighted by atomic mass is 35.5. The second kappa shape index (κ2) is 10.7. The first kappa shape index (κ1) is 15.2. The average Bonchev–Trinajstić information content (AvgIpc) is 2.25. The van der Waals surface area contributed by atoms with Crippen molar-refractivity contribution in [2.45, 2.75) is 45.4 Å². The van der Waals surface area contributed by atoms with Gasteiger partial charge in [0.25, 0.3) is 0 Å². The topological polar surface area (TPSA) is 21.3 Å². The lowest BCUT2D eigenvalue weighted by Gasteiger charge is -2.19. The highest BCUT2D eigenvalue weighted by Gasteiger charge is 2.14. The van der Waals surface area contributed by atoms with E-state index < -0.39 is 0 Å². The number of hydrogen-bond acceptors (Lipinski definition) is 2. The summed E-state index contributed by atoms with van der Waals surface area (Å²) in [7, 11) is 0. The summed E-state index contributed by atoms with van der Waals surface area (Å²) < 4.78 is 5.37. The summed E-state index contributed by atoms with van der Waals surface area (Å²) in [6.07, 6.45) is 3.42. The molecule has 0 radical (unpaired) electrons. The van der Waals surface area contributed by atoms with E-state index in [9.17, 15) is 0 Å². The van der Waals surface area contributed by atoms with Gasteiger partial charge in [-0.25, -0.2) is 0 Å². The molecule has 0 heterocycles. The second-order valence-corrected chi connectivity index (χ2v) is 4.47. The van der Waals surface area contributed by atoms with Crippen LogP contribution in [-0.4, -0.2) is 31.7 Å². The van der Waals surface area contributed by atoms with Crippen LogP contribution in [0.3, 0.4) is 0 Å². The van der Waals surface area contributed by atoms with E-state index in [0.29, 0.717) is 5.92 Å². The summed E-state index contributed by atoms with van der Waals surface area (Å²) in [5.74, 6) is 0.635. The molecule has 0 spiro atoms. The third kappa shape index (κ3) is 8.06. The molecule has 0 saturated heterocycles. The Kier molecular flexibility index (Phi) is 10.9. The third-order valence-corrected chi connectivity index (χ3v) is 3.18. The molecular weight excluding hydrogens is 210 g/mol. The molecule has 1 N–H and O–H groups in total. The molecule has 0 bridgehead atoms. The Morgan fingerprint density at radius 1 is 1.13 bits per heavy atom. The molecule has 0 aliphatic rings. The fourth-order valence-corrected chi connectivity index (χ4v) is 2.06. The molecule has 0 rings (SSSR count). The van der Waals surface area contributed by atoms with Crippen molar-refractivity contribution in [1.29, 1.82) is 0 Å². The van der Waals surface area contributed by atoms with Crippen LogP contribution in [0.25, 0.3) is 0 Å². The van der Waals surface area contributed by atoms with Crippen LogP contribution in [0.1, 0.15) is 40.0 Å². The number of nitrogens with one attached hydrogen (secondary N) is 1. The van der Waals surface area contributed by atoms with E-state index in [1.807, 2.05) is 0 Å². The average molecular weight is 236 g/mol. The van der Waals surface area contributed by atoms with Crippen LogP contribution in [0.4, 0.5) is 0 Å². The molecular formula is C12H26ClNO. The molecule has 0 aromatic heterocycles. The van der Waals surface area contributed by atoms with Crippen LogP contribution in [-0.2, 0) is 4.74 Å². The van der Waals surface area contributed by atoms with E-state index in [0.717, 1.165) is 32.7 Å². The molecule has 1 atom stereocenters. The van der Waals surface area contributed by atoms with Gasteiger partial charge in [0.05, 0.1) is 6.61 Å². The van der Waals surface area contributed by atoms with Crippen LogP contribution in [0.5, 0.6) is 0 Å². The Morgan fingerprint density at radius 2 is 1.80 bits per heavy atom. The van der Waals surface area contributed by atoms with E-state index in [1.165, 1.54) is 12.8 Å². The molecule has 3 heteroatoms. The van der Waals surface area contributed by atoms with E-state index in [1.54, 1.807) is 0 Å². The number of ether oxygens (including phenoxy) is 1. The minimum atomic E-state index is 0.256. The highest BCUT2D eigenvalue weighted by molar-refractivity contribution is 6.21. The quantitative estimate of drug-likeness (QED) is 0.464. The predicted octanol–water partition coefficient (Wildman–Crippen LogP) is 3.05. The Labute approximate surface area is 99.7 Å². The second-order valence-electron chi connectivity index (χ2n) is 3.91. The smallest absolute Gasteiger partial charge is 0.0590 e. The van der Waals surface area contributed by atoms with Crippen LogP contribution in [0, 0.1) is 5.92 Å². The van der Waals surface area contributed by atoms with Gasteiger partial charge in [0.2, 0.25) is 0 Å². The minimum absolute atomic E-state index is 0.256. The van der Waals surface area contributed by atoms with Gasteiger partial charge in [0.1, 0.15) is 0 Å². The predicted molar refractivity (Wildman–Crippen MR) is 67.7 cm³/mol. The van der Waals surface area contributed by atoms with Crippen LogP contribution < -0.4 is 5.32 Å².